The molecule has 2 aliphatic heterocycles. The summed E-state index contributed by atoms with van der Waals surface area (Å²) in [4.78, 5) is 60.4. The smallest absolute Gasteiger partial charge is 0.303 e. The number of rotatable bonds is 3. The molecule has 0 saturated carbocycles. The molecule has 0 aromatic heterocycles. The van der Waals surface area contributed by atoms with Gasteiger partial charge in [-0.2, -0.15) is 0 Å². The quantitative estimate of drug-likeness (QED) is 0.639. The number of benzene rings is 1. The third-order valence-corrected chi connectivity index (χ3v) is 4.28. The Labute approximate surface area is 143 Å². The fourth-order valence-electron chi connectivity index (χ4n) is 3.06. The summed E-state index contributed by atoms with van der Waals surface area (Å²) in [6.07, 6.45) is -0.402. The molecule has 8 heteroatoms. The Kier molecular flexibility index (Phi) is 4.12. The summed E-state index contributed by atoms with van der Waals surface area (Å²) < 4.78 is 5.08. The summed E-state index contributed by atoms with van der Waals surface area (Å²) >= 11 is 0. The van der Waals surface area contributed by atoms with Crippen LogP contribution < -0.4 is 5.32 Å². The third-order valence-electron chi connectivity index (χ3n) is 4.28. The van der Waals surface area contributed by atoms with Crippen molar-refractivity contribution in [1.82, 2.24) is 10.2 Å². The molecule has 2 aliphatic rings. The van der Waals surface area contributed by atoms with Gasteiger partial charge in [-0.15, -0.1) is 0 Å². The maximum atomic E-state index is 12.7. The fraction of sp³-hybridized carbons (Fsp3) is 0.353. The largest absolute Gasteiger partial charge is 0.458 e. The first-order chi connectivity index (χ1) is 11.8. The average Bonchev–Trinajstić information content (AvgIpc) is 2.78. The van der Waals surface area contributed by atoms with Crippen LogP contribution in [-0.4, -0.2) is 40.5 Å². The Morgan fingerprint density at radius 2 is 1.88 bits per heavy atom. The molecule has 130 valence electrons. The van der Waals surface area contributed by atoms with E-state index in [1.807, 2.05) is 0 Å². The van der Waals surface area contributed by atoms with Crippen LogP contribution in [0.3, 0.4) is 0 Å². The molecule has 8 nitrogen and oxygen atoms in total. The second kappa shape index (κ2) is 6.12. The van der Waals surface area contributed by atoms with Crippen molar-refractivity contribution in [1.29, 1.82) is 0 Å². The fourth-order valence-corrected chi connectivity index (χ4v) is 3.06. The lowest BCUT2D eigenvalue weighted by molar-refractivity contribution is -0.145. The summed E-state index contributed by atoms with van der Waals surface area (Å²) in [5, 5.41) is 2.14. The molecule has 1 fully saturated rings. The molecule has 25 heavy (non-hydrogen) atoms. The third kappa shape index (κ3) is 2.90. The van der Waals surface area contributed by atoms with E-state index in [1.165, 1.54) is 19.1 Å². The van der Waals surface area contributed by atoms with Crippen molar-refractivity contribution in [2.24, 2.45) is 0 Å². The van der Waals surface area contributed by atoms with E-state index >= 15 is 0 Å². The molecule has 2 unspecified atom stereocenters. The van der Waals surface area contributed by atoms with Crippen LogP contribution in [0.25, 0.3) is 0 Å². The molecule has 0 aliphatic carbocycles. The highest BCUT2D eigenvalue weighted by molar-refractivity contribution is 6.23. The minimum Gasteiger partial charge on any atom is -0.458 e. The van der Waals surface area contributed by atoms with Gasteiger partial charge in [-0.1, -0.05) is 6.07 Å². The average molecular weight is 344 g/mol. The van der Waals surface area contributed by atoms with Crippen molar-refractivity contribution in [3.05, 3.63) is 34.9 Å². The van der Waals surface area contributed by atoms with Gasteiger partial charge in [0.05, 0.1) is 11.1 Å². The van der Waals surface area contributed by atoms with E-state index in [9.17, 15) is 24.0 Å². The van der Waals surface area contributed by atoms with Gasteiger partial charge in [-0.3, -0.25) is 34.2 Å². The van der Waals surface area contributed by atoms with Gasteiger partial charge in [0.15, 0.2) is 0 Å². The number of fused-ring (bicyclic) bond motifs is 1. The molecule has 1 aromatic rings. The number of nitrogens with one attached hydrogen (secondary N) is 1. The van der Waals surface area contributed by atoms with E-state index in [2.05, 4.69) is 5.32 Å². The zero-order valence-corrected chi connectivity index (χ0v) is 13.7. The highest BCUT2D eigenvalue weighted by Gasteiger charge is 2.44. The van der Waals surface area contributed by atoms with Gasteiger partial charge in [-0.25, -0.2) is 0 Å². The molecule has 0 bridgehead atoms. The van der Waals surface area contributed by atoms with Crippen LogP contribution >= 0.6 is 0 Å². The van der Waals surface area contributed by atoms with Gasteiger partial charge in [-0.05, 0) is 31.0 Å². The molecule has 2 heterocycles. The standard InChI is InChI=1S/C17H16N2O6/c1-8(25-9(2)20)10-3-4-11-12(7-10)17(24)19(16(11)23)13-5-6-14(21)18-15(13)22/h3-4,7-8,13H,5-6H2,1-2H3,(H,18,21,22). The second-order valence-corrected chi connectivity index (χ2v) is 6.00. The van der Waals surface area contributed by atoms with Gasteiger partial charge in [0.1, 0.15) is 12.1 Å². The number of hydrogen-bond acceptors (Lipinski definition) is 6. The van der Waals surface area contributed by atoms with E-state index in [0.717, 1.165) is 4.90 Å². The summed E-state index contributed by atoms with van der Waals surface area (Å²) in [5.41, 5.74) is 0.917. The Balaban J connectivity index is 1.90. The number of piperidine rings is 1. The summed E-state index contributed by atoms with van der Waals surface area (Å²) in [7, 11) is 0. The lowest BCUT2D eigenvalue weighted by Gasteiger charge is -2.27. The van der Waals surface area contributed by atoms with Gasteiger partial charge in [0.25, 0.3) is 11.8 Å². The van der Waals surface area contributed by atoms with Gasteiger partial charge >= 0.3 is 5.97 Å². The number of ether oxygens (including phenoxy) is 1. The Morgan fingerprint density at radius 1 is 1.20 bits per heavy atom. The lowest BCUT2D eigenvalue weighted by Crippen LogP contribution is -2.54. The monoisotopic (exact) mass is 344 g/mol. The number of nitrogens with zero attached hydrogens (tertiary/aromatic N) is 1. The molecule has 2 atom stereocenters. The first-order valence-corrected chi connectivity index (χ1v) is 7.82. The molecule has 1 aromatic carbocycles. The maximum Gasteiger partial charge on any atom is 0.303 e. The normalized spacial score (nSPS) is 21.0. The van der Waals surface area contributed by atoms with E-state index in [4.69, 9.17) is 4.74 Å². The second-order valence-electron chi connectivity index (χ2n) is 6.00. The van der Waals surface area contributed by atoms with Crippen LogP contribution in [0.5, 0.6) is 0 Å². The molecule has 0 radical (unpaired) electrons. The zero-order chi connectivity index (χ0) is 18.3. The summed E-state index contributed by atoms with van der Waals surface area (Å²) in [5.74, 6) is -2.69. The van der Waals surface area contributed by atoms with Gasteiger partial charge in [0.2, 0.25) is 11.8 Å². The van der Waals surface area contributed by atoms with Gasteiger partial charge < -0.3 is 4.74 Å². The summed E-state index contributed by atoms with van der Waals surface area (Å²) in [6, 6.07) is 3.58. The molecular weight excluding hydrogens is 328 g/mol. The van der Waals surface area contributed by atoms with E-state index in [-0.39, 0.29) is 24.0 Å². The van der Waals surface area contributed by atoms with E-state index in [0.29, 0.717) is 5.56 Å². The topological polar surface area (TPSA) is 110 Å². The predicted molar refractivity (Wildman–Crippen MR) is 83.3 cm³/mol. The predicted octanol–water partition coefficient (Wildman–Crippen LogP) is 0.712. The highest BCUT2D eigenvalue weighted by atomic mass is 16.5. The van der Waals surface area contributed by atoms with Crippen LogP contribution in [0.2, 0.25) is 0 Å². The van der Waals surface area contributed by atoms with Gasteiger partial charge in [0, 0.05) is 13.3 Å². The molecule has 4 amide bonds. The van der Waals surface area contributed by atoms with Crippen molar-refractivity contribution in [2.75, 3.05) is 0 Å². The number of amides is 4. The molecular formula is C17H16N2O6. The van der Waals surface area contributed by atoms with Crippen molar-refractivity contribution < 1.29 is 28.7 Å². The Bertz CT molecular complexity index is 815. The van der Waals surface area contributed by atoms with Crippen LogP contribution in [0.1, 0.15) is 59.1 Å². The molecule has 1 saturated heterocycles. The molecule has 0 spiro atoms. The van der Waals surface area contributed by atoms with Crippen LogP contribution in [0.15, 0.2) is 18.2 Å². The number of esters is 1. The van der Waals surface area contributed by atoms with Crippen molar-refractivity contribution in [3.63, 3.8) is 0 Å². The van der Waals surface area contributed by atoms with Crippen LogP contribution in [0, 0.1) is 0 Å². The number of hydrogen-bond donors (Lipinski definition) is 1. The maximum absolute atomic E-state index is 12.7. The Hall–Kier alpha value is -3.03. The molecule has 1 N–H and O–H groups in total. The van der Waals surface area contributed by atoms with E-state index < -0.39 is 41.7 Å². The zero-order valence-electron chi connectivity index (χ0n) is 13.7. The number of carbonyl (C=O) groups excluding carboxylic acids is 5. The Morgan fingerprint density at radius 3 is 2.52 bits per heavy atom. The minimum absolute atomic E-state index is 0.0680. The summed E-state index contributed by atoms with van der Waals surface area (Å²) in [6.45, 7) is 2.94. The lowest BCUT2D eigenvalue weighted by atomic mass is 10.0. The first-order valence-electron chi connectivity index (χ1n) is 7.82. The first kappa shape index (κ1) is 16.8. The number of carbonyl (C=O) groups is 5. The van der Waals surface area contributed by atoms with E-state index in [1.54, 1.807) is 13.0 Å². The van der Waals surface area contributed by atoms with Crippen LogP contribution in [-0.2, 0) is 19.1 Å². The van der Waals surface area contributed by atoms with Crippen molar-refractivity contribution >= 4 is 29.6 Å². The van der Waals surface area contributed by atoms with Crippen LogP contribution in [0.4, 0.5) is 0 Å². The SMILES string of the molecule is CC(=O)OC(C)c1ccc2c(c1)C(=O)N(C1CCC(=O)NC1=O)C2=O. The van der Waals surface area contributed by atoms with Crippen molar-refractivity contribution in [2.45, 2.75) is 38.8 Å². The highest BCUT2D eigenvalue weighted by Crippen LogP contribution is 2.30. The molecule has 3 rings (SSSR count). The van der Waals surface area contributed by atoms with Crippen molar-refractivity contribution in [3.8, 4) is 0 Å². The number of imide groups is 2. The minimum atomic E-state index is -1.00.